The SMILES string of the molecule is CC(C)(C)c1cc(CN(C(=O)CN([C@@H]2CCC3CC2C3)S(=O)(=O)c2c(F)c(F)c(F)c(F)c2F)c2ccc(C(=O)O)c(O)c2)cc(C2CC2)c1. The monoisotopic (exact) mass is 720 g/mol. The zero-order chi connectivity index (χ0) is 36.4. The Kier molecular flexibility index (Phi) is 9.25. The number of hydrogen-bond donors (Lipinski definition) is 2. The Morgan fingerprint density at radius 3 is 2.00 bits per heavy atom. The summed E-state index contributed by atoms with van der Waals surface area (Å²) in [7, 11) is -5.52. The van der Waals surface area contributed by atoms with Crippen LogP contribution in [0.5, 0.6) is 5.75 Å². The number of carbonyl (C=O) groups excluding carboxylic acids is 1. The third-order valence-corrected chi connectivity index (χ3v) is 12.1. The van der Waals surface area contributed by atoms with Gasteiger partial charge in [0.15, 0.2) is 28.2 Å². The van der Waals surface area contributed by atoms with Crippen molar-refractivity contribution in [3.63, 3.8) is 0 Å². The number of amides is 1. The van der Waals surface area contributed by atoms with Crippen molar-refractivity contribution in [2.45, 2.75) is 88.1 Å². The number of hydrogen-bond acceptors (Lipinski definition) is 5. The van der Waals surface area contributed by atoms with Crippen LogP contribution in [0.2, 0.25) is 0 Å². The van der Waals surface area contributed by atoms with E-state index in [2.05, 4.69) is 6.07 Å². The van der Waals surface area contributed by atoms with E-state index >= 15 is 8.78 Å². The van der Waals surface area contributed by atoms with Crippen molar-refractivity contribution in [2.75, 3.05) is 11.4 Å². The fourth-order valence-corrected chi connectivity index (χ4v) is 8.94. The van der Waals surface area contributed by atoms with Crippen LogP contribution in [0.3, 0.4) is 0 Å². The van der Waals surface area contributed by atoms with E-state index in [1.165, 1.54) is 6.07 Å². The quantitative estimate of drug-likeness (QED) is 0.128. The molecule has 2 bridgehead atoms. The van der Waals surface area contributed by atoms with Gasteiger partial charge in [-0.05, 0) is 90.5 Å². The van der Waals surface area contributed by atoms with Crippen LogP contribution < -0.4 is 4.90 Å². The average molecular weight is 721 g/mol. The maximum absolute atomic E-state index is 15.1. The van der Waals surface area contributed by atoms with Gasteiger partial charge in [0.25, 0.3) is 0 Å². The largest absolute Gasteiger partial charge is 0.507 e. The molecule has 3 aromatic carbocycles. The molecule has 1 amide bonds. The molecule has 4 saturated carbocycles. The molecule has 50 heavy (non-hydrogen) atoms. The first kappa shape index (κ1) is 35.8. The molecule has 14 heteroatoms. The lowest BCUT2D eigenvalue weighted by molar-refractivity contribution is -0.120. The standard InChI is InChI=1S/C36H37F5N2O6S/c1-36(2,3)23-13-19(12-21(14-23)20-5-6-20)16-42(24-7-8-25(35(46)47)27(44)15-24)28(45)17-43(26-9-4-18-10-22(26)11-18)50(48,49)34-32(40)30(38)29(37)31(39)33(34)41/h7-8,12-15,18,20,22,26,44H,4-6,9-11,16-17H2,1-3H3,(H,46,47)/t18?,22?,26-/m1/s1. The maximum Gasteiger partial charge on any atom is 0.339 e. The fourth-order valence-electron chi connectivity index (χ4n) is 7.16. The van der Waals surface area contributed by atoms with Crippen molar-refractivity contribution in [1.82, 2.24) is 4.31 Å². The summed E-state index contributed by atoms with van der Waals surface area (Å²) >= 11 is 0. The molecule has 0 radical (unpaired) electrons. The first-order chi connectivity index (χ1) is 23.4. The molecule has 4 aliphatic carbocycles. The number of aromatic carboxylic acids is 1. The van der Waals surface area contributed by atoms with E-state index in [0.29, 0.717) is 41.0 Å². The minimum atomic E-state index is -5.52. The molecular formula is C36H37F5N2O6S. The summed E-state index contributed by atoms with van der Waals surface area (Å²) in [5.41, 5.74) is 1.89. The maximum atomic E-state index is 15.1. The minimum absolute atomic E-state index is 0.00688. The summed E-state index contributed by atoms with van der Waals surface area (Å²) in [4.78, 5) is 25.1. The number of aromatic hydroxyl groups is 1. The lowest BCUT2D eigenvalue weighted by Crippen LogP contribution is -2.55. The van der Waals surface area contributed by atoms with Crippen molar-refractivity contribution < 1.29 is 50.2 Å². The van der Waals surface area contributed by atoms with E-state index in [4.69, 9.17) is 0 Å². The number of halogens is 5. The van der Waals surface area contributed by atoms with Crippen molar-refractivity contribution in [2.24, 2.45) is 11.8 Å². The Balaban J connectivity index is 1.45. The first-order valence-electron chi connectivity index (χ1n) is 16.4. The second-order valence-corrected chi connectivity index (χ2v) is 16.5. The number of carboxylic acid groups (broad SMARTS) is 1. The van der Waals surface area contributed by atoms with E-state index in [1.54, 1.807) is 0 Å². The van der Waals surface area contributed by atoms with Crippen LogP contribution in [0.4, 0.5) is 27.6 Å². The van der Waals surface area contributed by atoms with Gasteiger partial charge in [0.2, 0.25) is 21.7 Å². The van der Waals surface area contributed by atoms with Gasteiger partial charge in [0.05, 0.1) is 13.1 Å². The number of phenols is 1. The van der Waals surface area contributed by atoms with Crippen LogP contribution >= 0.6 is 0 Å². The predicted molar refractivity (Wildman–Crippen MR) is 173 cm³/mol. The summed E-state index contributed by atoms with van der Waals surface area (Å²) in [5, 5.41) is 20.0. The number of nitrogens with zero attached hydrogens (tertiary/aromatic N) is 2. The smallest absolute Gasteiger partial charge is 0.339 e. The Bertz CT molecular complexity index is 1960. The highest BCUT2D eigenvalue weighted by Gasteiger charge is 2.49. The van der Waals surface area contributed by atoms with Crippen LogP contribution in [-0.2, 0) is 26.8 Å². The van der Waals surface area contributed by atoms with Gasteiger partial charge in [-0.3, -0.25) is 4.79 Å². The zero-order valence-electron chi connectivity index (χ0n) is 27.7. The summed E-state index contributed by atoms with van der Waals surface area (Å²) < 4.78 is 101. The molecule has 1 atom stereocenters. The van der Waals surface area contributed by atoms with E-state index in [1.807, 2.05) is 32.9 Å². The van der Waals surface area contributed by atoms with Crippen LogP contribution in [0.25, 0.3) is 0 Å². The summed E-state index contributed by atoms with van der Waals surface area (Å²) in [5.74, 6) is -15.2. The number of benzene rings is 3. The highest BCUT2D eigenvalue weighted by molar-refractivity contribution is 7.89. The topological polar surface area (TPSA) is 115 Å². The molecule has 268 valence electrons. The van der Waals surface area contributed by atoms with Crippen LogP contribution in [0, 0.1) is 40.9 Å². The van der Waals surface area contributed by atoms with Gasteiger partial charge in [0.1, 0.15) is 11.3 Å². The fraction of sp³-hybridized carbons (Fsp3) is 0.444. The van der Waals surface area contributed by atoms with E-state index < -0.39 is 79.8 Å². The normalized spacial score (nSPS) is 20.5. The number of sulfonamides is 1. The Hall–Kier alpha value is -4.04. The van der Waals surface area contributed by atoms with Crippen LogP contribution in [0.15, 0.2) is 41.3 Å². The molecule has 0 spiro atoms. The lowest BCUT2D eigenvalue weighted by atomic mass is 9.63. The first-order valence-corrected chi connectivity index (χ1v) is 17.9. The number of carbonyl (C=O) groups is 2. The molecule has 7 rings (SSSR count). The molecular weight excluding hydrogens is 683 g/mol. The second-order valence-electron chi connectivity index (χ2n) is 14.7. The zero-order valence-corrected chi connectivity index (χ0v) is 28.5. The number of anilines is 1. The Labute approximate surface area is 286 Å². The highest BCUT2D eigenvalue weighted by atomic mass is 32.2. The van der Waals surface area contributed by atoms with Gasteiger partial charge in [-0.15, -0.1) is 0 Å². The van der Waals surface area contributed by atoms with Crippen molar-refractivity contribution >= 4 is 27.6 Å². The Morgan fingerprint density at radius 2 is 1.48 bits per heavy atom. The lowest BCUT2D eigenvalue weighted by Gasteiger charge is -2.50. The molecule has 4 aliphatic rings. The third-order valence-electron chi connectivity index (χ3n) is 10.2. The summed E-state index contributed by atoms with van der Waals surface area (Å²) in [6, 6.07) is 8.29. The van der Waals surface area contributed by atoms with Gasteiger partial charge in [-0.2, -0.15) is 4.31 Å². The predicted octanol–water partition coefficient (Wildman–Crippen LogP) is 7.37. The molecule has 4 fully saturated rings. The average Bonchev–Trinajstić information content (AvgIpc) is 3.89. The molecule has 2 N–H and O–H groups in total. The minimum Gasteiger partial charge on any atom is -0.507 e. The van der Waals surface area contributed by atoms with Gasteiger partial charge in [0, 0.05) is 17.8 Å². The number of rotatable bonds is 10. The molecule has 0 aromatic heterocycles. The second kappa shape index (κ2) is 12.9. The molecule has 8 nitrogen and oxygen atoms in total. The van der Waals surface area contributed by atoms with Crippen LogP contribution in [-0.4, -0.2) is 47.4 Å². The van der Waals surface area contributed by atoms with Gasteiger partial charge in [-0.1, -0.05) is 39.0 Å². The molecule has 0 saturated heterocycles. The van der Waals surface area contributed by atoms with Crippen molar-refractivity contribution in [3.8, 4) is 5.75 Å². The van der Waals surface area contributed by atoms with Gasteiger partial charge in [-0.25, -0.2) is 35.2 Å². The van der Waals surface area contributed by atoms with Gasteiger partial charge < -0.3 is 15.1 Å². The van der Waals surface area contributed by atoms with E-state index in [-0.39, 0.29) is 30.0 Å². The summed E-state index contributed by atoms with van der Waals surface area (Å²) in [6.07, 6.45) is 3.84. The van der Waals surface area contributed by atoms with Crippen molar-refractivity contribution in [1.29, 1.82) is 0 Å². The molecule has 3 aromatic rings. The van der Waals surface area contributed by atoms with E-state index in [0.717, 1.165) is 41.0 Å². The number of fused-ring (bicyclic) bond motifs is 2. The number of carboxylic acids is 1. The van der Waals surface area contributed by atoms with Crippen LogP contribution in [0.1, 0.15) is 92.3 Å². The Morgan fingerprint density at radius 1 is 0.860 bits per heavy atom. The molecule has 0 unspecified atom stereocenters. The third kappa shape index (κ3) is 6.59. The molecule has 0 aliphatic heterocycles. The van der Waals surface area contributed by atoms with Gasteiger partial charge >= 0.3 is 5.97 Å². The van der Waals surface area contributed by atoms with Crippen molar-refractivity contribution in [3.05, 3.63) is 87.7 Å². The molecule has 0 heterocycles. The summed E-state index contributed by atoms with van der Waals surface area (Å²) in [6.45, 7) is 4.84. The highest BCUT2D eigenvalue weighted by Crippen LogP contribution is 2.49. The van der Waals surface area contributed by atoms with E-state index in [9.17, 15) is 41.4 Å².